The number of allylic oxidation sites excluding steroid dienone is 1. The quantitative estimate of drug-likeness (QED) is 0.471. The molecule has 0 unspecified atom stereocenters. The van der Waals surface area contributed by atoms with Crippen molar-refractivity contribution in [2.75, 3.05) is 26.3 Å². The van der Waals surface area contributed by atoms with Crippen molar-refractivity contribution in [1.82, 2.24) is 4.90 Å². The molecule has 0 radical (unpaired) electrons. The average Bonchev–Trinajstić information content (AvgIpc) is 2.87. The second-order valence-corrected chi connectivity index (χ2v) is 8.08. The van der Waals surface area contributed by atoms with Crippen LogP contribution in [0.1, 0.15) is 34.0 Å². The molecule has 0 N–H and O–H groups in total. The molecule has 1 amide bonds. The largest absolute Gasteiger partial charge is 0.488 e. The summed E-state index contributed by atoms with van der Waals surface area (Å²) in [7, 11) is 0. The first-order chi connectivity index (χ1) is 16.1. The van der Waals surface area contributed by atoms with Gasteiger partial charge in [-0.1, -0.05) is 67.2 Å². The summed E-state index contributed by atoms with van der Waals surface area (Å²) in [5, 5.41) is 0. The van der Waals surface area contributed by atoms with Crippen LogP contribution >= 0.6 is 0 Å². The summed E-state index contributed by atoms with van der Waals surface area (Å²) < 4.78 is 17.8. The van der Waals surface area contributed by atoms with Crippen molar-refractivity contribution < 1.29 is 19.0 Å². The fourth-order valence-electron chi connectivity index (χ4n) is 3.71. The Morgan fingerprint density at radius 1 is 0.848 bits per heavy atom. The number of rotatable bonds is 8. The number of nitrogens with zero attached hydrogens (tertiary/aromatic N) is 1. The average molecular weight is 444 g/mol. The van der Waals surface area contributed by atoms with Crippen molar-refractivity contribution >= 4 is 11.5 Å². The molecule has 1 saturated heterocycles. The molecule has 0 atom stereocenters. The molecule has 4 rings (SSSR count). The smallest absolute Gasteiger partial charge is 0.257 e. The van der Waals surface area contributed by atoms with Gasteiger partial charge in [0.1, 0.15) is 24.7 Å². The van der Waals surface area contributed by atoms with E-state index in [9.17, 15) is 4.79 Å². The highest BCUT2D eigenvalue weighted by molar-refractivity contribution is 5.98. The zero-order chi connectivity index (χ0) is 23.0. The molecule has 3 aromatic carbocycles. The molecule has 1 fully saturated rings. The minimum atomic E-state index is -0.0709. The zero-order valence-corrected chi connectivity index (χ0v) is 19.0. The van der Waals surface area contributed by atoms with Crippen molar-refractivity contribution in [3.8, 4) is 11.5 Å². The minimum Gasteiger partial charge on any atom is -0.488 e. The maximum Gasteiger partial charge on any atom is 0.257 e. The molecule has 5 nitrogen and oxygen atoms in total. The summed E-state index contributed by atoms with van der Waals surface area (Å²) in [5.74, 6) is 1.08. The summed E-state index contributed by atoms with van der Waals surface area (Å²) in [6.07, 6.45) is 0. The van der Waals surface area contributed by atoms with Crippen LogP contribution in [0.25, 0.3) is 5.57 Å². The van der Waals surface area contributed by atoms with Crippen LogP contribution in [-0.2, 0) is 18.0 Å². The Morgan fingerprint density at radius 2 is 1.36 bits per heavy atom. The molecule has 1 heterocycles. The highest BCUT2D eigenvalue weighted by atomic mass is 16.5. The van der Waals surface area contributed by atoms with Gasteiger partial charge in [0.2, 0.25) is 0 Å². The molecule has 3 aromatic rings. The SMILES string of the molecule is C=C(C)c1cc(C(=O)N2CCOCC2)c(OCc2ccccc2)cc1OCc1ccccc1. The van der Waals surface area contributed by atoms with Crippen molar-refractivity contribution in [3.05, 3.63) is 102 Å². The van der Waals surface area contributed by atoms with E-state index in [2.05, 4.69) is 6.58 Å². The van der Waals surface area contributed by atoms with Crippen LogP contribution in [0.2, 0.25) is 0 Å². The lowest BCUT2D eigenvalue weighted by Gasteiger charge is -2.28. The highest BCUT2D eigenvalue weighted by Gasteiger charge is 2.24. The van der Waals surface area contributed by atoms with Gasteiger partial charge in [-0.25, -0.2) is 0 Å². The normalized spacial score (nSPS) is 13.4. The van der Waals surface area contributed by atoms with Gasteiger partial charge in [0, 0.05) is 24.7 Å². The first-order valence-electron chi connectivity index (χ1n) is 11.2. The van der Waals surface area contributed by atoms with E-state index < -0.39 is 0 Å². The van der Waals surface area contributed by atoms with Crippen molar-refractivity contribution in [2.45, 2.75) is 20.1 Å². The van der Waals surface area contributed by atoms with Crippen LogP contribution < -0.4 is 9.47 Å². The summed E-state index contributed by atoms with van der Waals surface area (Å²) in [6, 6.07) is 23.6. The van der Waals surface area contributed by atoms with E-state index in [1.807, 2.05) is 79.7 Å². The first-order valence-corrected chi connectivity index (χ1v) is 11.2. The van der Waals surface area contributed by atoms with Crippen molar-refractivity contribution in [1.29, 1.82) is 0 Å². The number of hydrogen-bond acceptors (Lipinski definition) is 4. The Labute approximate surface area is 195 Å². The molecule has 1 aliphatic rings. The Kier molecular flexibility index (Phi) is 7.43. The summed E-state index contributed by atoms with van der Waals surface area (Å²) in [6.45, 7) is 9.00. The van der Waals surface area contributed by atoms with Crippen LogP contribution in [-0.4, -0.2) is 37.1 Å². The van der Waals surface area contributed by atoms with Gasteiger partial charge >= 0.3 is 0 Å². The van der Waals surface area contributed by atoms with E-state index in [0.29, 0.717) is 56.6 Å². The van der Waals surface area contributed by atoms with E-state index in [1.54, 1.807) is 4.90 Å². The molecule has 0 spiro atoms. The van der Waals surface area contributed by atoms with Crippen LogP contribution in [0, 0.1) is 0 Å². The Bertz CT molecular complexity index is 1090. The molecule has 33 heavy (non-hydrogen) atoms. The molecule has 5 heteroatoms. The van der Waals surface area contributed by atoms with Crippen molar-refractivity contribution in [3.63, 3.8) is 0 Å². The fourth-order valence-corrected chi connectivity index (χ4v) is 3.71. The second kappa shape index (κ2) is 10.8. The summed E-state index contributed by atoms with van der Waals surface area (Å²) in [4.78, 5) is 15.2. The number of carbonyl (C=O) groups excluding carboxylic acids is 1. The van der Waals surface area contributed by atoms with Gasteiger partial charge in [-0.05, 0) is 29.7 Å². The third-order valence-corrected chi connectivity index (χ3v) is 5.54. The predicted octanol–water partition coefficient (Wildman–Crippen LogP) is 5.35. The number of morpholine rings is 1. The Balaban J connectivity index is 1.67. The van der Waals surface area contributed by atoms with E-state index in [4.69, 9.17) is 14.2 Å². The monoisotopic (exact) mass is 443 g/mol. The number of amides is 1. The summed E-state index contributed by atoms with van der Waals surface area (Å²) in [5.41, 5.74) is 4.22. The van der Waals surface area contributed by atoms with Crippen LogP contribution in [0.5, 0.6) is 11.5 Å². The van der Waals surface area contributed by atoms with Gasteiger partial charge in [-0.3, -0.25) is 4.79 Å². The van der Waals surface area contributed by atoms with Crippen LogP contribution in [0.15, 0.2) is 79.4 Å². The van der Waals surface area contributed by atoms with Gasteiger partial charge in [-0.15, -0.1) is 0 Å². The summed E-state index contributed by atoms with van der Waals surface area (Å²) >= 11 is 0. The first kappa shape index (κ1) is 22.6. The predicted molar refractivity (Wildman–Crippen MR) is 129 cm³/mol. The third kappa shape index (κ3) is 5.82. The van der Waals surface area contributed by atoms with Gasteiger partial charge < -0.3 is 19.1 Å². The van der Waals surface area contributed by atoms with Gasteiger partial charge in [0.25, 0.3) is 5.91 Å². The zero-order valence-electron chi connectivity index (χ0n) is 19.0. The number of hydrogen-bond donors (Lipinski definition) is 0. The molecule has 0 bridgehead atoms. The van der Waals surface area contributed by atoms with E-state index in [1.165, 1.54) is 0 Å². The number of carbonyl (C=O) groups is 1. The minimum absolute atomic E-state index is 0.0709. The Hall–Kier alpha value is -3.57. The van der Waals surface area contributed by atoms with E-state index in [-0.39, 0.29) is 5.91 Å². The molecule has 0 saturated carbocycles. The fraction of sp³-hybridized carbons (Fsp3) is 0.250. The number of benzene rings is 3. The lowest BCUT2D eigenvalue weighted by molar-refractivity contribution is 0.0300. The molecule has 170 valence electrons. The van der Waals surface area contributed by atoms with E-state index in [0.717, 1.165) is 22.3 Å². The lowest BCUT2D eigenvalue weighted by Crippen LogP contribution is -2.40. The molecule has 0 aromatic heterocycles. The topological polar surface area (TPSA) is 48.0 Å². The molecule has 1 aliphatic heterocycles. The maximum absolute atomic E-state index is 13.4. The standard InChI is InChI=1S/C28H29NO4/c1-21(2)24-17-25(28(30)29-13-15-31-16-14-29)27(33-20-23-11-7-4-8-12-23)18-26(24)32-19-22-9-5-3-6-10-22/h3-12,17-18H,1,13-16,19-20H2,2H3. The van der Waals surface area contributed by atoms with Gasteiger partial charge in [0.05, 0.1) is 18.8 Å². The highest BCUT2D eigenvalue weighted by Crippen LogP contribution is 2.35. The van der Waals surface area contributed by atoms with E-state index >= 15 is 0 Å². The maximum atomic E-state index is 13.4. The Morgan fingerprint density at radius 3 is 1.88 bits per heavy atom. The third-order valence-electron chi connectivity index (χ3n) is 5.54. The lowest BCUT2D eigenvalue weighted by atomic mass is 10.0. The molecular weight excluding hydrogens is 414 g/mol. The second-order valence-electron chi connectivity index (χ2n) is 8.08. The number of ether oxygens (including phenoxy) is 3. The van der Waals surface area contributed by atoms with Gasteiger partial charge in [0.15, 0.2) is 0 Å². The molecular formula is C28H29NO4. The molecule has 0 aliphatic carbocycles. The van der Waals surface area contributed by atoms with Crippen LogP contribution in [0.3, 0.4) is 0 Å². The van der Waals surface area contributed by atoms with Gasteiger partial charge in [-0.2, -0.15) is 0 Å². The van der Waals surface area contributed by atoms with Crippen molar-refractivity contribution in [2.24, 2.45) is 0 Å². The van der Waals surface area contributed by atoms with Crippen LogP contribution in [0.4, 0.5) is 0 Å².